The SMILES string of the molecule is Cn1cnc(-c2ccc(Br)s2)c1C#N. The van der Waals surface area contributed by atoms with Gasteiger partial charge in [-0.05, 0) is 28.1 Å². The lowest BCUT2D eigenvalue weighted by atomic mass is 10.3. The molecule has 0 aliphatic heterocycles. The van der Waals surface area contributed by atoms with E-state index in [2.05, 4.69) is 27.0 Å². The van der Waals surface area contributed by atoms with Crippen LogP contribution in [0.3, 0.4) is 0 Å². The van der Waals surface area contributed by atoms with Crippen molar-refractivity contribution in [2.24, 2.45) is 7.05 Å². The van der Waals surface area contributed by atoms with Crippen molar-refractivity contribution in [1.29, 1.82) is 5.26 Å². The maximum absolute atomic E-state index is 8.94. The standard InChI is InChI=1S/C9H6BrN3S/c1-13-5-12-9(6(13)4-11)7-2-3-8(10)14-7/h2-3,5H,1H3. The third-order valence-corrected chi connectivity index (χ3v) is 3.48. The number of hydrogen-bond donors (Lipinski definition) is 0. The van der Waals surface area contributed by atoms with Crippen molar-refractivity contribution in [2.45, 2.75) is 0 Å². The molecular formula is C9H6BrN3S. The molecule has 0 radical (unpaired) electrons. The van der Waals surface area contributed by atoms with E-state index in [4.69, 9.17) is 5.26 Å². The highest BCUT2D eigenvalue weighted by molar-refractivity contribution is 9.11. The molecule has 0 fully saturated rings. The maximum atomic E-state index is 8.94. The molecule has 2 aromatic rings. The summed E-state index contributed by atoms with van der Waals surface area (Å²) in [5.74, 6) is 0. The Morgan fingerprint density at radius 3 is 2.93 bits per heavy atom. The molecule has 0 atom stereocenters. The highest BCUT2D eigenvalue weighted by Crippen LogP contribution is 2.31. The summed E-state index contributed by atoms with van der Waals surface area (Å²) in [6.07, 6.45) is 1.65. The zero-order valence-electron chi connectivity index (χ0n) is 7.36. The molecule has 14 heavy (non-hydrogen) atoms. The van der Waals surface area contributed by atoms with Crippen molar-refractivity contribution < 1.29 is 0 Å². The van der Waals surface area contributed by atoms with Crippen LogP contribution in [0, 0.1) is 11.3 Å². The molecule has 2 aromatic heterocycles. The summed E-state index contributed by atoms with van der Waals surface area (Å²) in [5, 5.41) is 8.94. The van der Waals surface area contributed by atoms with Crippen LogP contribution >= 0.6 is 27.3 Å². The largest absolute Gasteiger partial charge is 0.325 e. The van der Waals surface area contributed by atoms with E-state index < -0.39 is 0 Å². The predicted octanol–water partition coefficient (Wildman–Crippen LogP) is 2.78. The zero-order valence-corrected chi connectivity index (χ0v) is 9.76. The molecule has 0 N–H and O–H groups in total. The first-order valence-corrected chi connectivity index (χ1v) is 5.50. The Hall–Kier alpha value is -1.12. The highest BCUT2D eigenvalue weighted by Gasteiger charge is 2.11. The number of hydrogen-bond acceptors (Lipinski definition) is 3. The summed E-state index contributed by atoms with van der Waals surface area (Å²) in [7, 11) is 1.82. The molecule has 2 rings (SSSR count). The molecule has 0 aromatic carbocycles. The molecule has 0 unspecified atom stereocenters. The Kier molecular flexibility index (Phi) is 2.40. The number of thiophene rings is 1. The molecule has 0 amide bonds. The summed E-state index contributed by atoms with van der Waals surface area (Å²) in [6.45, 7) is 0. The molecule has 70 valence electrons. The highest BCUT2D eigenvalue weighted by atomic mass is 79.9. The molecule has 0 aliphatic carbocycles. The monoisotopic (exact) mass is 267 g/mol. The van der Waals surface area contributed by atoms with Gasteiger partial charge < -0.3 is 4.57 Å². The van der Waals surface area contributed by atoms with Crippen LogP contribution in [-0.4, -0.2) is 9.55 Å². The fraction of sp³-hybridized carbons (Fsp3) is 0.111. The van der Waals surface area contributed by atoms with Crippen LogP contribution in [0.15, 0.2) is 22.2 Å². The van der Waals surface area contributed by atoms with E-state index in [1.807, 2.05) is 19.2 Å². The van der Waals surface area contributed by atoms with E-state index in [1.165, 1.54) is 0 Å². The second-order valence-electron chi connectivity index (χ2n) is 2.77. The summed E-state index contributed by atoms with van der Waals surface area (Å²) in [4.78, 5) is 5.21. The minimum absolute atomic E-state index is 0.597. The fourth-order valence-electron chi connectivity index (χ4n) is 1.18. The Morgan fingerprint density at radius 2 is 2.36 bits per heavy atom. The van der Waals surface area contributed by atoms with E-state index in [0.717, 1.165) is 14.4 Å². The van der Waals surface area contributed by atoms with Crippen LogP contribution in [-0.2, 0) is 7.05 Å². The molecule has 0 spiro atoms. The van der Waals surface area contributed by atoms with E-state index >= 15 is 0 Å². The molecule has 2 heterocycles. The number of aromatic nitrogens is 2. The molecule has 0 bridgehead atoms. The van der Waals surface area contributed by atoms with Gasteiger partial charge in [0.05, 0.1) is 15.0 Å². The van der Waals surface area contributed by atoms with Gasteiger partial charge in [-0.25, -0.2) is 4.98 Å². The smallest absolute Gasteiger partial charge is 0.148 e. The first-order chi connectivity index (χ1) is 6.72. The third kappa shape index (κ3) is 1.47. The number of imidazole rings is 1. The van der Waals surface area contributed by atoms with Crippen LogP contribution < -0.4 is 0 Å². The van der Waals surface area contributed by atoms with Gasteiger partial charge in [-0.2, -0.15) is 5.26 Å². The maximum Gasteiger partial charge on any atom is 0.148 e. The van der Waals surface area contributed by atoms with Crippen LogP contribution in [0.5, 0.6) is 0 Å². The van der Waals surface area contributed by atoms with Gasteiger partial charge in [-0.15, -0.1) is 11.3 Å². The molecule has 0 saturated heterocycles. The van der Waals surface area contributed by atoms with Gasteiger partial charge in [0.1, 0.15) is 17.5 Å². The van der Waals surface area contributed by atoms with Crippen molar-refractivity contribution in [3.8, 4) is 16.6 Å². The lowest BCUT2D eigenvalue weighted by Gasteiger charge is -1.92. The normalized spacial score (nSPS) is 10.1. The van der Waals surface area contributed by atoms with Crippen LogP contribution in [0.25, 0.3) is 10.6 Å². The van der Waals surface area contributed by atoms with Gasteiger partial charge in [0.25, 0.3) is 0 Å². The average Bonchev–Trinajstić information content (AvgIpc) is 2.71. The lowest BCUT2D eigenvalue weighted by molar-refractivity contribution is 0.897. The van der Waals surface area contributed by atoms with Gasteiger partial charge in [-0.1, -0.05) is 0 Å². The van der Waals surface area contributed by atoms with Gasteiger partial charge >= 0.3 is 0 Å². The summed E-state index contributed by atoms with van der Waals surface area (Å²) >= 11 is 4.96. The van der Waals surface area contributed by atoms with Crippen LogP contribution in [0.4, 0.5) is 0 Å². The molecule has 3 nitrogen and oxygen atoms in total. The molecule has 5 heteroatoms. The van der Waals surface area contributed by atoms with Crippen molar-refractivity contribution >= 4 is 27.3 Å². The fourth-order valence-corrected chi connectivity index (χ4v) is 2.57. The Morgan fingerprint density at radius 1 is 1.57 bits per heavy atom. The number of halogens is 1. The summed E-state index contributed by atoms with van der Waals surface area (Å²) in [5.41, 5.74) is 1.35. The van der Waals surface area contributed by atoms with E-state index in [0.29, 0.717) is 5.69 Å². The van der Waals surface area contributed by atoms with Crippen molar-refractivity contribution in [1.82, 2.24) is 9.55 Å². The van der Waals surface area contributed by atoms with Gasteiger partial charge in [-0.3, -0.25) is 0 Å². The quantitative estimate of drug-likeness (QED) is 0.798. The minimum atomic E-state index is 0.597. The summed E-state index contributed by atoms with van der Waals surface area (Å²) in [6, 6.07) is 6.05. The Balaban J connectivity index is 2.58. The van der Waals surface area contributed by atoms with Crippen LogP contribution in [0.2, 0.25) is 0 Å². The predicted molar refractivity (Wildman–Crippen MR) is 58.9 cm³/mol. The Labute approximate surface area is 93.8 Å². The van der Waals surface area contributed by atoms with Gasteiger partial charge in [0.15, 0.2) is 0 Å². The molecule has 0 aliphatic rings. The van der Waals surface area contributed by atoms with E-state index in [-0.39, 0.29) is 0 Å². The van der Waals surface area contributed by atoms with E-state index in [9.17, 15) is 0 Å². The number of aryl methyl sites for hydroxylation is 1. The first-order valence-electron chi connectivity index (χ1n) is 3.89. The second kappa shape index (κ2) is 3.56. The number of nitrogens with zero attached hydrogens (tertiary/aromatic N) is 3. The van der Waals surface area contributed by atoms with Gasteiger partial charge in [0, 0.05) is 7.05 Å². The topological polar surface area (TPSA) is 41.6 Å². The number of rotatable bonds is 1. The van der Waals surface area contributed by atoms with Crippen molar-refractivity contribution in [2.75, 3.05) is 0 Å². The lowest BCUT2D eigenvalue weighted by Crippen LogP contribution is -1.89. The second-order valence-corrected chi connectivity index (χ2v) is 5.23. The zero-order chi connectivity index (χ0) is 10.1. The minimum Gasteiger partial charge on any atom is -0.325 e. The first kappa shape index (κ1) is 9.44. The molecule has 0 saturated carbocycles. The Bertz CT molecular complexity index is 506. The third-order valence-electron chi connectivity index (χ3n) is 1.85. The average molecular weight is 268 g/mol. The van der Waals surface area contributed by atoms with Gasteiger partial charge in [0.2, 0.25) is 0 Å². The molecular weight excluding hydrogens is 262 g/mol. The van der Waals surface area contributed by atoms with Crippen molar-refractivity contribution in [3.05, 3.63) is 27.9 Å². The van der Waals surface area contributed by atoms with Crippen LogP contribution in [0.1, 0.15) is 5.69 Å². The number of nitriles is 1. The van der Waals surface area contributed by atoms with Crippen molar-refractivity contribution in [3.63, 3.8) is 0 Å². The summed E-state index contributed by atoms with van der Waals surface area (Å²) < 4.78 is 2.77. The van der Waals surface area contributed by atoms with E-state index in [1.54, 1.807) is 22.2 Å².